The molecule has 0 bridgehead atoms. The molecule has 0 aliphatic carbocycles. The van der Waals surface area contributed by atoms with Gasteiger partial charge in [-0.1, -0.05) is 23.4 Å². The molecule has 0 spiro atoms. The van der Waals surface area contributed by atoms with Gasteiger partial charge in [0.1, 0.15) is 23.9 Å². The highest BCUT2D eigenvalue weighted by Gasteiger charge is 2.13. The van der Waals surface area contributed by atoms with Gasteiger partial charge in [-0.25, -0.2) is 0 Å². The van der Waals surface area contributed by atoms with Gasteiger partial charge < -0.3 is 5.32 Å². The standard InChI is InChI=1S/C17H8ClN5O2S/c18-12-1-3-15(4-2-12)26-16-6-13(5-14(7-16)23(24)25)22-17(10-21)11(8-19)9-20/h1-7,22H. The van der Waals surface area contributed by atoms with Gasteiger partial charge >= 0.3 is 0 Å². The summed E-state index contributed by atoms with van der Waals surface area (Å²) in [7, 11) is 0. The van der Waals surface area contributed by atoms with Crippen molar-refractivity contribution in [1.82, 2.24) is 0 Å². The van der Waals surface area contributed by atoms with Gasteiger partial charge in [0, 0.05) is 32.6 Å². The number of anilines is 1. The van der Waals surface area contributed by atoms with E-state index in [9.17, 15) is 10.1 Å². The number of benzene rings is 2. The second kappa shape index (κ2) is 8.55. The predicted octanol–water partition coefficient (Wildman–Crippen LogP) is 4.64. The van der Waals surface area contributed by atoms with Crippen LogP contribution in [-0.4, -0.2) is 4.92 Å². The van der Waals surface area contributed by atoms with Crippen molar-refractivity contribution >= 4 is 34.7 Å². The molecule has 0 amide bonds. The van der Waals surface area contributed by atoms with E-state index in [1.807, 2.05) is 0 Å². The lowest BCUT2D eigenvalue weighted by atomic mass is 10.2. The molecular weight excluding hydrogens is 374 g/mol. The number of non-ortho nitro benzene ring substituents is 1. The lowest BCUT2D eigenvalue weighted by Crippen LogP contribution is -2.01. The van der Waals surface area contributed by atoms with Crippen LogP contribution < -0.4 is 5.32 Å². The fourth-order valence-corrected chi connectivity index (χ4v) is 2.92. The number of hydrogen-bond acceptors (Lipinski definition) is 7. The van der Waals surface area contributed by atoms with Crippen molar-refractivity contribution in [2.75, 3.05) is 5.32 Å². The normalized spacial score (nSPS) is 9.31. The molecule has 0 aliphatic heterocycles. The van der Waals surface area contributed by atoms with E-state index in [0.29, 0.717) is 9.92 Å². The van der Waals surface area contributed by atoms with E-state index in [2.05, 4.69) is 5.32 Å². The zero-order valence-electron chi connectivity index (χ0n) is 12.9. The van der Waals surface area contributed by atoms with Crippen molar-refractivity contribution < 1.29 is 4.92 Å². The van der Waals surface area contributed by atoms with Crippen LogP contribution in [0.3, 0.4) is 0 Å². The van der Waals surface area contributed by atoms with E-state index in [1.165, 1.54) is 23.9 Å². The van der Waals surface area contributed by atoms with Gasteiger partial charge in [-0.2, -0.15) is 15.8 Å². The smallest absolute Gasteiger partial charge is 0.272 e. The molecule has 7 nitrogen and oxygen atoms in total. The Balaban J connectivity index is 2.43. The van der Waals surface area contributed by atoms with E-state index in [1.54, 1.807) is 48.5 Å². The number of hydrogen-bond donors (Lipinski definition) is 1. The molecule has 1 N–H and O–H groups in total. The van der Waals surface area contributed by atoms with Crippen LogP contribution >= 0.6 is 23.4 Å². The molecule has 0 unspecified atom stereocenters. The summed E-state index contributed by atoms with van der Waals surface area (Å²) in [5, 5.41) is 41.2. The lowest BCUT2D eigenvalue weighted by Gasteiger charge is -2.08. The van der Waals surface area contributed by atoms with Crippen LogP contribution in [0.4, 0.5) is 11.4 Å². The number of nitrogens with one attached hydrogen (secondary N) is 1. The highest BCUT2D eigenvalue weighted by Crippen LogP contribution is 2.34. The first-order valence-electron chi connectivity index (χ1n) is 6.91. The Bertz CT molecular complexity index is 997. The van der Waals surface area contributed by atoms with Crippen LogP contribution in [0, 0.1) is 44.1 Å². The number of nitrogens with zero attached hydrogens (tertiary/aromatic N) is 4. The molecule has 0 aromatic heterocycles. The molecule has 0 fully saturated rings. The van der Waals surface area contributed by atoms with Crippen molar-refractivity contribution in [2.24, 2.45) is 0 Å². The van der Waals surface area contributed by atoms with Crippen molar-refractivity contribution in [3.8, 4) is 18.2 Å². The van der Waals surface area contributed by atoms with Crippen LogP contribution in [0.15, 0.2) is 63.5 Å². The number of nitro groups is 1. The maximum absolute atomic E-state index is 11.2. The Kier molecular flexibility index (Phi) is 6.19. The Morgan fingerprint density at radius 1 is 1.04 bits per heavy atom. The van der Waals surface area contributed by atoms with E-state index in [0.717, 1.165) is 4.90 Å². The average Bonchev–Trinajstić information content (AvgIpc) is 2.63. The fourth-order valence-electron chi connectivity index (χ4n) is 1.89. The number of halogens is 1. The first kappa shape index (κ1) is 18.8. The van der Waals surface area contributed by atoms with E-state index in [4.69, 9.17) is 27.4 Å². The average molecular weight is 382 g/mol. The molecule has 0 aliphatic rings. The van der Waals surface area contributed by atoms with E-state index >= 15 is 0 Å². The first-order chi connectivity index (χ1) is 12.5. The van der Waals surface area contributed by atoms with E-state index < -0.39 is 10.5 Å². The first-order valence-corrected chi connectivity index (χ1v) is 8.10. The van der Waals surface area contributed by atoms with Crippen LogP contribution in [-0.2, 0) is 0 Å². The summed E-state index contributed by atoms with van der Waals surface area (Å²) in [6, 6.07) is 16.0. The van der Waals surface area contributed by atoms with Crippen molar-refractivity contribution in [3.63, 3.8) is 0 Å². The summed E-state index contributed by atoms with van der Waals surface area (Å²) < 4.78 is 0. The van der Waals surface area contributed by atoms with Crippen molar-refractivity contribution in [1.29, 1.82) is 15.8 Å². The molecule has 9 heteroatoms. The highest BCUT2D eigenvalue weighted by atomic mass is 35.5. The summed E-state index contributed by atoms with van der Waals surface area (Å²) >= 11 is 7.10. The zero-order chi connectivity index (χ0) is 19.1. The quantitative estimate of drug-likeness (QED) is 0.454. The third-order valence-electron chi connectivity index (χ3n) is 3.01. The molecule has 0 heterocycles. The van der Waals surface area contributed by atoms with Crippen LogP contribution in [0.1, 0.15) is 0 Å². The monoisotopic (exact) mass is 381 g/mol. The van der Waals surface area contributed by atoms with Crippen LogP contribution in [0.5, 0.6) is 0 Å². The molecule has 0 atom stereocenters. The minimum atomic E-state index is -0.567. The summed E-state index contributed by atoms with van der Waals surface area (Å²) in [5.74, 6) is 0. The molecule has 126 valence electrons. The predicted molar refractivity (Wildman–Crippen MR) is 96.2 cm³/mol. The Hall–Kier alpha value is -3.51. The van der Waals surface area contributed by atoms with Gasteiger partial charge in [-0.05, 0) is 30.3 Å². The topological polar surface area (TPSA) is 127 Å². The van der Waals surface area contributed by atoms with E-state index in [-0.39, 0.29) is 17.1 Å². The molecule has 2 aromatic rings. The highest BCUT2D eigenvalue weighted by molar-refractivity contribution is 7.99. The maximum Gasteiger partial charge on any atom is 0.272 e. The molecule has 0 saturated heterocycles. The molecule has 2 rings (SSSR count). The second-order valence-corrected chi connectivity index (χ2v) is 6.32. The molecular formula is C17H8ClN5O2S. The van der Waals surface area contributed by atoms with Gasteiger partial charge in [-0.3, -0.25) is 10.1 Å². The van der Waals surface area contributed by atoms with Crippen molar-refractivity contribution in [2.45, 2.75) is 9.79 Å². The molecule has 26 heavy (non-hydrogen) atoms. The lowest BCUT2D eigenvalue weighted by molar-refractivity contribution is -0.385. The third kappa shape index (κ3) is 4.75. The minimum Gasteiger partial charge on any atom is -0.345 e. The van der Waals surface area contributed by atoms with Gasteiger partial charge in [0.2, 0.25) is 0 Å². The Morgan fingerprint density at radius 3 is 2.23 bits per heavy atom. The maximum atomic E-state index is 11.2. The third-order valence-corrected chi connectivity index (χ3v) is 4.24. The molecule has 0 radical (unpaired) electrons. The molecule has 0 saturated carbocycles. The van der Waals surface area contributed by atoms with Crippen LogP contribution in [0.25, 0.3) is 0 Å². The van der Waals surface area contributed by atoms with Crippen molar-refractivity contribution in [3.05, 3.63) is 68.9 Å². The largest absolute Gasteiger partial charge is 0.345 e. The zero-order valence-corrected chi connectivity index (χ0v) is 14.5. The second-order valence-electron chi connectivity index (χ2n) is 4.74. The number of nitriles is 3. The summed E-state index contributed by atoms with van der Waals surface area (Å²) in [4.78, 5) is 12.0. The van der Waals surface area contributed by atoms with Gasteiger partial charge in [-0.15, -0.1) is 0 Å². The summed E-state index contributed by atoms with van der Waals surface area (Å²) in [5.41, 5.74) is -0.668. The Morgan fingerprint density at radius 2 is 1.69 bits per heavy atom. The summed E-state index contributed by atoms with van der Waals surface area (Å²) in [6.45, 7) is 0. The number of allylic oxidation sites excluding steroid dienone is 2. The van der Waals surface area contributed by atoms with Gasteiger partial charge in [0.15, 0.2) is 5.57 Å². The Labute approximate surface area is 157 Å². The van der Waals surface area contributed by atoms with Crippen LogP contribution in [0.2, 0.25) is 5.02 Å². The SMILES string of the molecule is N#CC(C#N)=C(C#N)Nc1cc(Sc2ccc(Cl)cc2)cc([N+](=O)[O-])c1. The minimum absolute atomic E-state index is 0.195. The van der Waals surface area contributed by atoms with Gasteiger partial charge in [0.25, 0.3) is 5.69 Å². The number of nitro benzene ring substituents is 1. The van der Waals surface area contributed by atoms with Gasteiger partial charge in [0.05, 0.1) is 4.92 Å². The summed E-state index contributed by atoms with van der Waals surface area (Å²) in [6.07, 6.45) is 0. The molecule has 2 aromatic carbocycles. The fraction of sp³-hybridized carbons (Fsp3) is 0. The number of rotatable bonds is 5.